The Labute approximate surface area is 97.2 Å². The molecule has 2 aliphatic rings. The van der Waals surface area contributed by atoms with Crippen LogP contribution in [0.15, 0.2) is 0 Å². The fourth-order valence-corrected chi connectivity index (χ4v) is 2.53. The topological polar surface area (TPSA) is 43.8 Å². The standard InChI is InChI=1S/C12H22N2O2/c1-9-5-6-14(11(9)8-15)7-12(16)13(2)10-3-4-10/h9-11,15H,3-8H2,1-2H3/t9-,11+/m0/s1. The van der Waals surface area contributed by atoms with Crippen LogP contribution in [0.3, 0.4) is 0 Å². The Morgan fingerprint density at radius 1 is 1.44 bits per heavy atom. The highest BCUT2D eigenvalue weighted by atomic mass is 16.3. The van der Waals surface area contributed by atoms with Crippen LogP contribution in [0.5, 0.6) is 0 Å². The van der Waals surface area contributed by atoms with E-state index in [-0.39, 0.29) is 18.6 Å². The van der Waals surface area contributed by atoms with E-state index in [4.69, 9.17) is 0 Å². The van der Waals surface area contributed by atoms with E-state index in [1.165, 1.54) is 0 Å². The van der Waals surface area contributed by atoms with Crippen LogP contribution >= 0.6 is 0 Å². The number of hydrogen-bond donors (Lipinski definition) is 1. The normalized spacial score (nSPS) is 30.7. The molecule has 0 spiro atoms. The van der Waals surface area contributed by atoms with Crippen LogP contribution in [-0.4, -0.2) is 59.6 Å². The molecule has 0 aromatic heterocycles. The Morgan fingerprint density at radius 2 is 2.12 bits per heavy atom. The highest BCUT2D eigenvalue weighted by Gasteiger charge is 2.35. The van der Waals surface area contributed by atoms with Gasteiger partial charge in [-0.05, 0) is 31.7 Å². The van der Waals surface area contributed by atoms with Gasteiger partial charge >= 0.3 is 0 Å². The lowest BCUT2D eigenvalue weighted by atomic mass is 10.0. The van der Waals surface area contributed by atoms with Gasteiger partial charge in [0.25, 0.3) is 0 Å². The van der Waals surface area contributed by atoms with Gasteiger partial charge in [0.2, 0.25) is 5.91 Å². The average Bonchev–Trinajstić information content (AvgIpc) is 3.04. The minimum absolute atomic E-state index is 0.168. The van der Waals surface area contributed by atoms with Gasteiger partial charge in [-0.15, -0.1) is 0 Å². The summed E-state index contributed by atoms with van der Waals surface area (Å²) in [6, 6.07) is 0.664. The molecule has 4 nitrogen and oxygen atoms in total. The minimum atomic E-state index is 0.168. The summed E-state index contributed by atoms with van der Waals surface area (Å²) in [5, 5.41) is 9.31. The van der Waals surface area contributed by atoms with Gasteiger partial charge in [0.1, 0.15) is 0 Å². The zero-order chi connectivity index (χ0) is 11.7. The molecule has 0 aromatic rings. The molecule has 0 aromatic carbocycles. The number of aliphatic hydroxyl groups excluding tert-OH is 1. The maximum atomic E-state index is 12.0. The molecule has 1 N–H and O–H groups in total. The molecule has 2 atom stereocenters. The predicted molar refractivity (Wildman–Crippen MR) is 62.0 cm³/mol. The first-order valence-electron chi connectivity index (χ1n) is 6.24. The third kappa shape index (κ3) is 2.38. The molecule has 1 heterocycles. The Morgan fingerprint density at radius 3 is 2.69 bits per heavy atom. The maximum absolute atomic E-state index is 12.0. The van der Waals surface area contributed by atoms with Gasteiger partial charge in [-0.25, -0.2) is 0 Å². The van der Waals surface area contributed by atoms with E-state index < -0.39 is 0 Å². The summed E-state index contributed by atoms with van der Waals surface area (Å²) in [6.45, 7) is 3.73. The molecule has 16 heavy (non-hydrogen) atoms. The largest absolute Gasteiger partial charge is 0.395 e. The Balaban J connectivity index is 1.86. The predicted octanol–water partition coefficient (Wildman–Crippen LogP) is 0.310. The number of likely N-dealkylation sites (tertiary alicyclic amines) is 1. The minimum Gasteiger partial charge on any atom is -0.395 e. The Hall–Kier alpha value is -0.610. The molecular formula is C12H22N2O2. The molecule has 1 saturated heterocycles. The lowest BCUT2D eigenvalue weighted by molar-refractivity contribution is -0.132. The van der Waals surface area contributed by atoms with Crippen molar-refractivity contribution in [3.05, 3.63) is 0 Å². The zero-order valence-electron chi connectivity index (χ0n) is 10.2. The van der Waals surface area contributed by atoms with Crippen molar-refractivity contribution in [2.75, 3.05) is 26.7 Å². The van der Waals surface area contributed by atoms with Crippen LogP contribution in [0.25, 0.3) is 0 Å². The molecular weight excluding hydrogens is 204 g/mol. The molecule has 0 unspecified atom stereocenters. The van der Waals surface area contributed by atoms with E-state index in [2.05, 4.69) is 11.8 Å². The third-order valence-electron chi connectivity index (χ3n) is 4.01. The Kier molecular flexibility index (Phi) is 3.50. The van der Waals surface area contributed by atoms with Gasteiger partial charge in [-0.3, -0.25) is 9.69 Å². The second-order valence-corrected chi connectivity index (χ2v) is 5.22. The fraction of sp³-hybridized carbons (Fsp3) is 0.917. The lowest BCUT2D eigenvalue weighted by Gasteiger charge is -2.26. The van der Waals surface area contributed by atoms with Gasteiger partial charge in [0.05, 0.1) is 13.2 Å². The molecule has 0 radical (unpaired) electrons. The number of carbonyl (C=O) groups excluding carboxylic acids is 1. The molecule has 1 saturated carbocycles. The molecule has 1 amide bonds. The highest BCUT2D eigenvalue weighted by molar-refractivity contribution is 5.78. The van der Waals surface area contributed by atoms with Crippen molar-refractivity contribution < 1.29 is 9.90 Å². The summed E-state index contributed by atoms with van der Waals surface area (Å²) in [7, 11) is 1.90. The van der Waals surface area contributed by atoms with Gasteiger partial charge in [0, 0.05) is 19.1 Å². The second-order valence-electron chi connectivity index (χ2n) is 5.22. The highest BCUT2D eigenvalue weighted by Crippen LogP contribution is 2.27. The summed E-state index contributed by atoms with van der Waals surface area (Å²) >= 11 is 0. The molecule has 1 aliphatic heterocycles. The van der Waals surface area contributed by atoms with Gasteiger partial charge in [0.15, 0.2) is 0 Å². The van der Waals surface area contributed by atoms with E-state index >= 15 is 0 Å². The summed E-state index contributed by atoms with van der Waals surface area (Å²) in [6.07, 6.45) is 3.40. The zero-order valence-corrected chi connectivity index (χ0v) is 10.2. The number of rotatable bonds is 4. The number of nitrogens with zero attached hydrogens (tertiary/aromatic N) is 2. The van der Waals surface area contributed by atoms with Gasteiger partial charge in [-0.2, -0.15) is 0 Å². The summed E-state index contributed by atoms with van der Waals surface area (Å²) < 4.78 is 0. The van der Waals surface area contributed by atoms with Crippen molar-refractivity contribution in [3.63, 3.8) is 0 Å². The van der Waals surface area contributed by atoms with E-state index in [9.17, 15) is 9.90 Å². The third-order valence-corrected chi connectivity index (χ3v) is 4.01. The summed E-state index contributed by atoms with van der Waals surface area (Å²) in [5.41, 5.74) is 0. The monoisotopic (exact) mass is 226 g/mol. The van der Waals surface area contributed by atoms with Crippen molar-refractivity contribution in [1.29, 1.82) is 0 Å². The van der Waals surface area contributed by atoms with Crippen LogP contribution < -0.4 is 0 Å². The maximum Gasteiger partial charge on any atom is 0.236 e. The molecule has 2 rings (SSSR count). The van der Waals surface area contributed by atoms with Crippen LogP contribution in [0.4, 0.5) is 0 Å². The number of aliphatic hydroxyl groups is 1. The number of hydrogen-bond acceptors (Lipinski definition) is 3. The van der Waals surface area contributed by atoms with E-state index in [0.29, 0.717) is 18.5 Å². The first-order chi connectivity index (χ1) is 7.63. The first-order valence-corrected chi connectivity index (χ1v) is 6.24. The van der Waals surface area contributed by atoms with Crippen LogP contribution in [0.1, 0.15) is 26.2 Å². The molecule has 0 bridgehead atoms. The van der Waals surface area contributed by atoms with Gasteiger partial charge < -0.3 is 10.0 Å². The smallest absolute Gasteiger partial charge is 0.236 e. The molecule has 4 heteroatoms. The summed E-state index contributed by atoms with van der Waals surface area (Å²) in [5.74, 6) is 0.707. The first kappa shape index (κ1) is 11.9. The van der Waals surface area contributed by atoms with Crippen LogP contribution in [0, 0.1) is 5.92 Å². The molecule has 2 fully saturated rings. The number of likely N-dealkylation sites (N-methyl/N-ethyl adjacent to an activating group) is 1. The fourth-order valence-electron chi connectivity index (χ4n) is 2.53. The van der Waals surface area contributed by atoms with E-state index in [1.54, 1.807) is 0 Å². The average molecular weight is 226 g/mol. The van der Waals surface area contributed by atoms with Crippen molar-refractivity contribution in [3.8, 4) is 0 Å². The number of carbonyl (C=O) groups is 1. The van der Waals surface area contributed by atoms with Crippen molar-refractivity contribution in [1.82, 2.24) is 9.80 Å². The van der Waals surface area contributed by atoms with Crippen molar-refractivity contribution in [2.45, 2.75) is 38.3 Å². The van der Waals surface area contributed by atoms with Crippen molar-refractivity contribution in [2.24, 2.45) is 5.92 Å². The molecule has 92 valence electrons. The van der Waals surface area contributed by atoms with Gasteiger partial charge in [-0.1, -0.05) is 6.92 Å². The Bertz CT molecular complexity index is 266. The van der Waals surface area contributed by atoms with E-state index in [1.807, 2.05) is 11.9 Å². The second kappa shape index (κ2) is 4.72. The van der Waals surface area contributed by atoms with Crippen LogP contribution in [0.2, 0.25) is 0 Å². The quantitative estimate of drug-likeness (QED) is 0.750. The van der Waals surface area contributed by atoms with Crippen LogP contribution in [-0.2, 0) is 4.79 Å². The SMILES string of the molecule is C[C@H]1CCN(CC(=O)N(C)C2CC2)[C@@H]1CO. The summed E-state index contributed by atoms with van der Waals surface area (Å²) in [4.78, 5) is 16.0. The number of amides is 1. The molecule has 1 aliphatic carbocycles. The van der Waals surface area contributed by atoms with Crippen molar-refractivity contribution >= 4 is 5.91 Å². The lowest BCUT2D eigenvalue weighted by Crippen LogP contribution is -2.43. The van der Waals surface area contributed by atoms with E-state index in [0.717, 1.165) is 25.8 Å².